The Balaban J connectivity index is 2.65. The molecule has 1 aliphatic heterocycles. The Morgan fingerprint density at radius 3 is 2.73 bits per heavy atom. The molecule has 0 spiro atoms. The minimum Gasteiger partial charge on any atom is -0.488 e. The van der Waals surface area contributed by atoms with Crippen LogP contribution in [0.3, 0.4) is 0 Å². The van der Waals surface area contributed by atoms with Gasteiger partial charge in [-0.25, -0.2) is 4.39 Å². The second kappa shape index (κ2) is 3.73. The molecule has 0 N–H and O–H groups in total. The molecule has 0 saturated carbocycles. The molecule has 2 heteroatoms. The first-order chi connectivity index (χ1) is 7.26. The molecule has 0 aliphatic carbocycles. The summed E-state index contributed by atoms with van der Waals surface area (Å²) < 4.78 is 18.6. The normalized spacial score (nSPS) is 14.2. The van der Waals surface area contributed by atoms with Gasteiger partial charge in [0.05, 0.1) is 0 Å². The molecule has 15 heavy (non-hydrogen) atoms. The maximum absolute atomic E-state index is 13.1. The molecule has 2 rings (SSSR count). The van der Waals surface area contributed by atoms with Crippen LogP contribution in [0, 0.1) is 5.82 Å². The summed E-state index contributed by atoms with van der Waals surface area (Å²) in [6.07, 6.45) is 3.42. The van der Waals surface area contributed by atoms with Gasteiger partial charge < -0.3 is 4.74 Å². The predicted octanol–water partition coefficient (Wildman–Crippen LogP) is 3.34. The lowest BCUT2D eigenvalue weighted by atomic mass is 9.97. The molecular weight excluding hydrogens is 191 g/mol. The third-order valence-electron chi connectivity index (χ3n) is 2.41. The molecule has 1 aromatic carbocycles. The minimum absolute atomic E-state index is 0.276. The van der Waals surface area contributed by atoms with Crippen LogP contribution < -0.4 is 4.74 Å². The summed E-state index contributed by atoms with van der Waals surface area (Å²) in [7, 11) is 0. The van der Waals surface area contributed by atoms with Gasteiger partial charge in [0.25, 0.3) is 0 Å². The second-order valence-electron chi connectivity index (χ2n) is 3.28. The topological polar surface area (TPSA) is 9.23 Å². The van der Waals surface area contributed by atoms with Gasteiger partial charge in [0.1, 0.15) is 18.2 Å². The molecule has 0 atom stereocenters. The van der Waals surface area contributed by atoms with Gasteiger partial charge in [-0.2, -0.15) is 0 Å². The van der Waals surface area contributed by atoms with Gasteiger partial charge >= 0.3 is 0 Å². The number of fused-ring (bicyclic) bond motifs is 1. The SMILES string of the molecule is C=CC1=C(C=C)c2cc(F)ccc2OC1. The summed E-state index contributed by atoms with van der Waals surface area (Å²) in [6.45, 7) is 7.89. The van der Waals surface area contributed by atoms with Gasteiger partial charge in [0, 0.05) is 5.56 Å². The summed E-state index contributed by atoms with van der Waals surface area (Å²) in [5.41, 5.74) is 2.57. The van der Waals surface area contributed by atoms with Crippen LogP contribution in [0.5, 0.6) is 5.75 Å². The lowest BCUT2D eigenvalue weighted by Crippen LogP contribution is -2.09. The average Bonchev–Trinajstić information content (AvgIpc) is 2.27. The van der Waals surface area contributed by atoms with Crippen LogP contribution in [0.15, 0.2) is 49.1 Å². The highest BCUT2D eigenvalue weighted by Crippen LogP contribution is 2.34. The van der Waals surface area contributed by atoms with Crippen LogP contribution in [0.4, 0.5) is 4.39 Å². The predicted molar refractivity (Wildman–Crippen MR) is 59.2 cm³/mol. The van der Waals surface area contributed by atoms with E-state index in [9.17, 15) is 4.39 Å². The van der Waals surface area contributed by atoms with Crippen molar-refractivity contribution in [2.45, 2.75) is 0 Å². The highest BCUT2D eigenvalue weighted by molar-refractivity contribution is 5.82. The van der Waals surface area contributed by atoms with E-state index < -0.39 is 0 Å². The van der Waals surface area contributed by atoms with E-state index in [0.29, 0.717) is 12.4 Å². The fraction of sp³-hybridized carbons (Fsp3) is 0.0769. The number of hydrogen-bond acceptors (Lipinski definition) is 1. The van der Waals surface area contributed by atoms with E-state index in [-0.39, 0.29) is 5.82 Å². The van der Waals surface area contributed by atoms with Crippen molar-refractivity contribution in [2.24, 2.45) is 0 Å². The Bertz CT molecular complexity index is 458. The molecule has 0 radical (unpaired) electrons. The molecule has 1 heterocycles. The van der Waals surface area contributed by atoms with E-state index >= 15 is 0 Å². The Morgan fingerprint density at radius 2 is 2.07 bits per heavy atom. The first-order valence-corrected chi connectivity index (χ1v) is 4.67. The van der Waals surface area contributed by atoms with Crippen molar-refractivity contribution in [3.8, 4) is 5.75 Å². The van der Waals surface area contributed by atoms with Crippen LogP contribution in [-0.2, 0) is 0 Å². The molecule has 0 amide bonds. The highest BCUT2D eigenvalue weighted by atomic mass is 19.1. The van der Waals surface area contributed by atoms with Crippen molar-refractivity contribution in [3.05, 3.63) is 60.5 Å². The number of rotatable bonds is 2. The van der Waals surface area contributed by atoms with E-state index in [1.165, 1.54) is 12.1 Å². The van der Waals surface area contributed by atoms with Gasteiger partial charge in [-0.1, -0.05) is 25.3 Å². The van der Waals surface area contributed by atoms with Crippen molar-refractivity contribution < 1.29 is 9.13 Å². The number of halogens is 1. The Morgan fingerprint density at radius 1 is 1.27 bits per heavy atom. The van der Waals surface area contributed by atoms with Gasteiger partial charge in [-0.05, 0) is 29.3 Å². The zero-order valence-electron chi connectivity index (χ0n) is 8.29. The first-order valence-electron chi connectivity index (χ1n) is 4.67. The molecule has 0 unspecified atom stereocenters. The summed E-state index contributed by atoms with van der Waals surface area (Å²) in [4.78, 5) is 0. The average molecular weight is 202 g/mol. The van der Waals surface area contributed by atoms with Crippen LogP contribution in [-0.4, -0.2) is 6.61 Å². The van der Waals surface area contributed by atoms with E-state index in [1.54, 1.807) is 18.2 Å². The summed E-state index contributed by atoms with van der Waals surface area (Å²) in [5, 5.41) is 0. The van der Waals surface area contributed by atoms with E-state index in [2.05, 4.69) is 13.2 Å². The molecule has 0 fully saturated rings. The monoisotopic (exact) mass is 202 g/mol. The lowest BCUT2D eigenvalue weighted by Gasteiger charge is -2.20. The van der Waals surface area contributed by atoms with Crippen LogP contribution in [0.1, 0.15) is 5.56 Å². The van der Waals surface area contributed by atoms with Gasteiger partial charge in [0.2, 0.25) is 0 Å². The molecular formula is C13H11FO. The second-order valence-corrected chi connectivity index (χ2v) is 3.28. The van der Waals surface area contributed by atoms with Crippen LogP contribution in [0.25, 0.3) is 5.57 Å². The Labute approximate surface area is 88.2 Å². The number of allylic oxidation sites excluding steroid dienone is 2. The Hall–Kier alpha value is -1.83. The summed E-state index contributed by atoms with van der Waals surface area (Å²) in [6, 6.07) is 4.47. The molecule has 76 valence electrons. The maximum Gasteiger partial charge on any atom is 0.127 e. The van der Waals surface area contributed by atoms with E-state index in [1.807, 2.05) is 0 Å². The Kier molecular flexibility index (Phi) is 2.42. The summed E-state index contributed by atoms with van der Waals surface area (Å²) in [5.74, 6) is 0.416. The summed E-state index contributed by atoms with van der Waals surface area (Å²) >= 11 is 0. The van der Waals surface area contributed by atoms with Crippen molar-refractivity contribution in [1.29, 1.82) is 0 Å². The largest absolute Gasteiger partial charge is 0.488 e. The highest BCUT2D eigenvalue weighted by Gasteiger charge is 2.16. The van der Waals surface area contributed by atoms with Gasteiger partial charge in [-0.15, -0.1) is 0 Å². The number of benzene rings is 1. The standard InChI is InChI=1S/C13H11FO/c1-3-9-8-15-13-6-5-10(14)7-12(13)11(9)4-2/h3-7H,1-2,8H2. The molecule has 0 aromatic heterocycles. The maximum atomic E-state index is 13.1. The molecule has 0 saturated heterocycles. The number of ether oxygens (including phenoxy) is 1. The lowest BCUT2D eigenvalue weighted by molar-refractivity contribution is 0.349. The quantitative estimate of drug-likeness (QED) is 0.714. The zero-order chi connectivity index (χ0) is 10.8. The van der Waals surface area contributed by atoms with Gasteiger partial charge in [-0.3, -0.25) is 0 Å². The molecule has 1 aliphatic rings. The zero-order valence-corrected chi connectivity index (χ0v) is 8.29. The fourth-order valence-corrected chi connectivity index (χ4v) is 1.65. The van der Waals surface area contributed by atoms with Crippen molar-refractivity contribution >= 4 is 5.57 Å². The van der Waals surface area contributed by atoms with Crippen molar-refractivity contribution in [3.63, 3.8) is 0 Å². The minimum atomic E-state index is -0.276. The molecule has 1 nitrogen and oxygen atoms in total. The third-order valence-corrected chi connectivity index (χ3v) is 2.41. The molecule has 0 bridgehead atoms. The first kappa shape index (κ1) is 9.71. The van der Waals surface area contributed by atoms with E-state index in [0.717, 1.165) is 16.7 Å². The fourth-order valence-electron chi connectivity index (χ4n) is 1.65. The van der Waals surface area contributed by atoms with Crippen molar-refractivity contribution in [2.75, 3.05) is 6.61 Å². The van der Waals surface area contributed by atoms with Gasteiger partial charge in [0.15, 0.2) is 0 Å². The van der Waals surface area contributed by atoms with E-state index in [4.69, 9.17) is 4.74 Å². The van der Waals surface area contributed by atoms with Crippen LogP contribution in [0.2, 0.25) is 0 Å². The number of hydrogen-bond donors (Lipinski definition) is 0. The smallest absolute Gasteiger partial charge is 0.127 e. The third kappa shape index (κ3) is 1.59. The van der Waals surface area contributed by atoms with Crippen molar-refractivity contribution in [1.82, 2.24) is 0 Å². The molecule has 1 aromatic rings. The van der Waals surface area contributed by atoms with Crippen LogP contribution >= 0.6 is 0 Å².